The molecule has 4 aromatic rings. The Kier molecular flexibility index (Phi) is 6.10. The van der Waals surface area contributed by atoms with E-state index < -0.39 is 29.0 Å². The second-order valence-corrected chi connectivity index (χ2v) is 7.33. The molecular weight excluding hydrogens is 425 g/mol. The Balaban J connectivity index is 2.07. The van der Waals surface area contributed by atoms with E-state index in [1.807, 2.05) is 0 Å². The minimum atomic E-state index is -1.86. The minimum absolute atomic E-state index is 0.202. The van der Waals surface area contributed by atoms with Crippen molar-refractivity contribution in [3.8, 4) is 0 Å². The number of carbonyl (C=O) groups is 1. The topological polar surface area (TPSA) is 94.3 Å². The van der Waals surface area contributed by atoms with Gasteiger partial charge < -0.3 is 14.4 Å². The van der Waals surface area contributed by atoms with Crippen molar-refractivity contribution >= 4 is 5.97 Å². The van der Waals surface area contributed by atoms with Crippen LogP contribution in [0, 0.1) is 5.82 Å². The molecule has 7 nitrogen and oxygen atoms in total. The first-order chi connectivity index (χ1) is 16.0. The first-order valence-electron chi connectivity index (χ1n) is 10.0. The molecule has 1 aromatic carbocycles. The number of benzene rings is 1. The third-order valence-corrected chi connectivity index (χ3v) is 5.44. The van der Waals surface area contributed by atoms with Gasteiger partial charge in [0.2, 0.25) is 0 Å². The highest BCUT2D eigenvalue weighted by molar-refractivity contribution is 5.88. The molecule has 4 rings (SSSR count). The van der Waals surface area contributed by atoms with Crippen molar-refractivity contribution in [2.24, 2.45) is 0 Å². The van der Waals surface area contributed by atoms with Crippen LogP contribution in [0.5, 0.6) is 0 Å². The summed E-state index contributed by atoms with van der Waals surface area (Å²) in [5, 5.41) is 12.4. The maximum Gasteiger partial charge on any atom is 0.343 e. The summed E-state index contributed by atoms with van der Waals surface area (Å²) in [6, 6.07) is 13.9. The standard InChI is InChI=1S/C25H20FN3O4/c1-33-24(31)21-7-4-14-29(23(21)30)22(17-8-10-20(26)11-9-17)25(32,18-5-2-12-27-15-18)19-6-3-13-28-16-19/h2-16,22,32H,1H3. The normalized spacial score (nSPS) is 12.2. The van der Waals surface area contributed by atoms with Crippen LogP contribution in [0.15, 0.2) is 96.4 Å². The Bertz CT molecular complexity index is 1270. The van der Waals surface area contributed by atoms with Crippen LogP contribution in [-0.4, -0.2) is 32.7 Å². The molecule has 1 atom stereocenters. The summed E-state index contributed by atoms with van der Waals surface area (Å²) in [5.74, 6) is -1.28. The first kappa shape index (κ1) is 22.0. The Hall–Kier alpha value is -4.17. The summed E-state index contributed by atoms with van der Waals surface area (Å²) in [7, 11) is 1.18. The molecule has 3 aromatic heterocycles. The molecule has 0 saturated carbocycles. The number of aliphatic hydroxyl groups is 1. The number of carbonyl (C=O) groups excluding carboxylic acids is 1. The minimum Gasteiger partial charge on any atom is -0.465 e. The molecule has 0 fully saturated rings. The van der Waals surface area contributed by atoms with Gasteiger partial charge in [-0.05, 0) is 42.0 Å². The van der Waals surface area contributed by atoms with Gasteiger partial charge in [0.05, 0.1) is 13.2 Å². The van der Waals surface area contributed by atoms with Gasteiger partial charge in [0, 0.05) is 42.1 Å². The Morgan fingerprint density at radius 3 is 2.12 bits per heavy atom. The van der Waals surface area contributed by atoms with Crippen LogP contribution >= 0.6 is 0 Å². The molecule has 0 radical (unpaired) electrons. The largest absolute Gasteiger partial charge is 0.465 e. The molecule has 3 heterocycles. The fraction of sp³-hybridized carbons (Fsp3) is 0.120. The fourth-order valence-corrected chi connectivity index (χ4v) is 3.89. The van der Waals surface area contributed by atoms with E-state index in [4.69, 9.17) is 4.74 Å². The number of aromatic nitrogens is 3. The predicted molar refractivity (Wildman–Crippen MR) is 118 cm³/mol. The zero-order valence-corrected chi connectivity index (χ0v) is 17.6. The highest BCUT2D eigenvalue weighted by atomic mass is 19.1. The quantitative estimate of drug-likeness (QED) is 0.459. The molecule has 33 heavy (non-hydrogen) atoms. The number of hydrogen-bond acceptors (Lipinski definition) is 6. The summed E-state index contributed by atoms with van der Waals surface area (Å²) in [5.41, 5.74) is -1.56. The maximum atomic E-state index is 13.8. The third-order valence-electron chi connectivity index (χ3n) is 5.44. The number of pyridine rings is 3. The van der Waals surface area contributed by atoms with Gasteiger partial charge in [0.25, 0.3) is 5.56 Å². The molecule has 0 saturated heterocycles. The van der Waals surface area contributed by atoms with Gasteiger partial charge >= 0.3 is 5.97 Å². The van der Waals surface area contributed by atoms with Crippen molar-refractivity contribution in [3.63, 3.8) is 0 Å². The van der Waals surface area contributed by atoms with Crippen molar-refractivity contribution < 1.29 is 19.0 Å². The molecule has 0 spiro atoms. The van der Waals surface area contributed by atoms with E-state index in [-0.39, 0.29) is 5.56 Å². The summed E-state index contributed by atoms with van der Waals surface area (Å²) in [6.07, 6.45) is 7.55. The smallest absolute Gasteiger partial charge is 0.343 e. The lowest BCUT2D eigenvalue weighted by Gasteiger charge is -2.38. The van der Waals surface area contributed by atoms with E-state index in [0.29, 0.717) is 16.7 Å². The van der Waals surface area contributed by atoms with Gasteiger partial charge in [0.15, 0.2) is 0 Å². The second kappa shape index (κ2) is 9.13. The van der Waals surface area contributed by atoms with E-state index in [1.54, 1.807) is 36.7 Å². The van der Waals surface area contributed by atoms with E-state index in [2.05, 4.69) is 9.97 Å². The van der Waals surface area contributed by atoms with Crippen molar-refractivity contribution in [1.29, 1.82) is 0 Å². The lowest BCUT2D eigenvalue weighted by molar-refractivity contribution is 0.0357. The molecular formula is C25H20FN3O4. The van der Waals surface area contributed by atoms with Gasteiger partial charge in [-0.25, -0.2) is 9.18 Å². The Labute approximate surface area is 188 Å². The molecule has 166 valence electrons. The number of halogens is 1. The highest BCUT2D eigenvalue weighted by Crippen LogP contribution is 2.42. The van der Waals surface area contributed by atoms with E-state index in [1.165, 1.54) is 66.7 Å². The van der Waals surface area contributed by atoms with Crippen LogP contribution in [-0.2, 0) is 10.3 Å². The van der Waals surface area contributed by atoms with Crippen molar-refractivity contribution in [1.82, 2.24) is 14.5 Å². The lowest BCUT2D eigenvalue weighted by Crippen LogP contribution is -2.43. The summed E-state index contributed by atoms with van der Waals surface area (Å²) >= 11 is 0. The SMILES string of the molecule is COC(=O)c1cccn(C(c2ccc(F)cc2)C(O)(c2cccnc2)c2cccnc2)c1=O. The highest BCUT2D eigenvalue weighted by Gasteiger charge is 2.44. The van der Waals surface area contributed by atoms with Crippen LogP contribution in [0.4, 0.5) is 4.39 Å². The van der Waals surface area contributed by atoms with Gasteiger partial charge in [-0.1, -0.05) is 24.3 Å². The van der Waals surface area contributed by atoms with Gasteiger partial charge in [0.1, 0.15) is 17.0 Å². The Morgan fingerprint density at radius 2 is 1.61 bits per heavy atom. The average Bonchev–Trinajstić information content (AvgIpc) is 2.86. The van der Waals surface area contributed by atoms with Crippen LogP contribution in [0.3, 0.4) is 0 Å². The predicted octanol–water partition coefficient (Wildman–Crippen LogP) is 3.09. The zero-order chi connectivity index (χ0) is 23.4. The van der Waals surface area contributed by atoms with Crippen molar-refractivity contribution in [2.45, 2.75) is 11.6 Å². The Morgan fingerprint density at radius 1 is 1.00 bits per heavy atom. The summed E-state index contributed by atoms with van der Waals surface area (Å²) in [6.45, 7) is 0. The number of hydrogen-bond donors (Lipinski definition) is 1. The van der Waals surface area contributed by atoms with E-state index >= 15 is 0 Å². The van der Waals surface area contributed by atoms with Crippen LogP contribution in [0.25, 0.3) is 0 Å². The molecule has 8 heteroatoms. The molecule has 0 amide bonds. The number of esters is 1. The number of ether oxygens (including phenoxy) is 1. The number of methoxy groups -OCH3 is 1. The van der Waals surface area contributed by atoms with E-state index in [0.717, 1.165) is 0 Å². The molecule has 1 unspecified atom stereocenters. The third kappa shape index (κ3) is 4.04. The van der Waals surface area contributed by atoms with Crippen LogP contribution in [0.1, 0.15) is 33.1 Å². The molecule has 0 aliphatic carbocycles. The molecule has 0 aliphatic heterocycles. The van der Waals surface area contributed by atoms with E-state index in [9.17, 15) is 19.1 Å². The summed E-state index contributed by atoms with van der Waals surface area (Å²) < 4.78 is 19.8. The fourth-order valence-electron chi connectivity index (χ4n) is 3.89. The van der Waals surface area contributed by atoms with Gasteiger partial charge in [-0.3, -0.25) is 14.8 Å². The first-order valence-corrected chi connectivity index (χ1v) is 10.0. The van der Waals surface area contributed by atoms with Gasteiger partial charge in [-0.2, -0.15) is 0 Å². The number of nitrogens with zero attached hydrogens (tertiary/aromatic N) is 3. The molecule has 0 aliphatic rings. The van der Waals surface area contributed by atoms with Crippen LogP contribution < -0.4 is 5.56 Å². The average molecular weight is 445 g/mol. The van der Waals surface area contributed by atoms with Gasteiger partial charge in [-0.15, -0.1) is 0 Å². The monoisotopic (exact) mass is 445 g/mol. The number of rotatable bonds is 6. The molecule has 0 bridgehead atoms. The summed E-state index contributed by atoms with van der Waals surface area (Å²) in [4.78, 5) is 33.9. The lowest BCUT2D eigenvalue weighted by atomic mass is 9.78. The second-order valence-electron chi connectivity index (χ2n) is 7.33. The zero-order valence-electron chi connectivity index (χ0n) is 17.6. The van der Waals surface area contributed by atoms with Crippen LogP contribution in [0.2, 0.25) is 0 Å². The van der Waals surface area contributed by atoms with Crippen molar-refractivity contribution in [2.75, 3.05) is 7.11 Å². The van der Waals surface area contributed by atoms with Crippen molar-refractivity contribution in [3.05, 3.63) is 130 Å². The maximum absolute atomic E-state index is 13.8. The molecule has 1 N–H and O–H groups in total.